The van der Waals surface area contributed by atoms with Crippen molar-refractivity contribution in [3.8, 4) is 0 Å². The minimum Gasteiger partial charge on any atom is -0.772 e. The van der Waals surface area contributed by atoms with Crippen LogP contribution in [0.15, 0.2) is 12.1 Å². The molecule has 0 heterocycles. The molecule has 1 rings (SSSR count). The first-order valence-electron chi connectivity index (χ1n) is 5.52. The van der Waals surface area contributed by atoms with Gasteiger partial charge in [-0.1, -0.05) is 11.1 Å². The van der Waals surface area contributed by atoms with Crippen LogP contribution in [-0.2, 0) is 17.5 Å². The molecule has 1 aromatic rings. The highest BCUT2D eigenvalue weighted by Crippen LogP contribution is 2.23. The molecule has 18 heavy (non-hydrogen) atoms. The second kappa shape index (κ2) is 5.97. The van der Waals surface area contributed by atoms with Gasteiger partial charge in [-0.3, -0.25) is 9.11 Å². The molecule has 5 nitrogen and oxygen atoms in total. The van der Waals surface area contributed by atoms with Crippen molar-refractivity contribution in [1.82, 2.24) is 0 Å². The maximum atomic E-state index is 11.1. The minimum absolute atomic E-state index is 0.104. The third kappa shape index (κ3) is 3.54. The topological polar surface area (TPSA) is 86.5 Å². The molecule has 0 saturated carbocycles. The van der Waals surface area contributed by atoms with Crippen molar-refractivity contribution in [3.63, 3.8) is 0 Å². The van der Waals surface area contributed by atoms with Crippen molar-refractivity contribution >= 4 is 22.8 Å². The summed E-state index contributed by atoms with van der Waals surface area (Å²) in [6, 6.07) is 3.14. The number of hydrogen-bond donors (Lipinski definition) is 1. The predicted octanol–water partition coefficient (Wildman–Crippen LogP) is 1.24. The Bertz CT molecular complexity index is 465. The quantitative estimate of drug-likeness (QED) is 0.834. The summed E-state index contributed by atoms with van der Waals surface area (Å²) in [5.74, 6) is 0.104. The molecule has 0 saturated heterocycles. The number of nitrogens with two attached hydrogens (primary N) is 1. The molecule has 1 unspecified atom stereocenters. The summed E-state index contributed by atoms with van der Waals surface area (Å²) in [4.78, 5) is 12.4. The highest BCUT2D eigenvalue weighted by Gasteiger charge is 2.10. The van der Waals surface area contributed by atoms with Gasteiger partial charge >= 0.3 is 6.03 Å². The van der Waals surface area contributed by atoms with Crippen LogP contribution in [0.4, 0.5) is 10.5 Å². The second-order valence-corrected chi connectivity index (χ2v) is 5.23. The highest BCUT2D eigenvalue weighted by molar-refractivity contribution is 7.79. The standard InChI is InChI=1S/C12H18N2O3S/c1-8-6-10(14(3)12(13)15)7-9(2)11(8)4-5-18(16)17/h6-7H,4-5H2,1-3H3,(H2,13,15)(H,16,17)/p-1. The van der Waals surface area contributed by atoms with Crippen LogP contribution in [-0.4, -0.2) is 27.6 Å². The lowest BCUT2D eigenvalue weighted by Crippen LogP contribution is -2.31. The number of urea groups is 1. The Hall–Kier alpha value is -1.40. The van der Waals surface area contributed by atoms with Gasteiger partial charge in [0.2, 0.25) is 0 Å². The van der Waals surface area contributed by atoms with Crippen LogP contribution in [0.1, 0.15) is 16.7 Å². The Kier molecular flexibility index (Phi) is 4.86. The summed E-state index contributed by atoms with van der Waals surface area (Å²) in [6.07, 6.45) is 0.480. The molecule has 2 N–H and O–H groups in total. The zero-order valence-corrected chi connectivity index (χ0v) is 11.5. The average Bonchev–Trinajstić information content (AvgIpc) is 2.26. The first-order chi connectivity index (χ1) is 8.32. The Morgan fingerprint density at radius 3 is 2.28 bits per heavy atom. The van der Waals surface area contributed by atoms with Gasteiger partial charge in [0.25, 0.3) is 0 Å². The van der Waals surface area contributed by atoms with E-state index in [1.807, 2.05) is 26.0 Å². The van der Waals surface area contributed by atoms with Crippen LogP contribution in [0.25, 0.3) is 0 Å². The molecule has 1 aromatic carbocycles. The van der Waals surface area contributed by atoms with Crippen molar-refractivity contribution in [2.45, 2.75) is 20.3 Å². The fourth-order valence-electron chi connectivity index (χ4n) is 1.87. The molecule has 0 radical (unpaired) electrons. The normalized spacial score (nSPS) is 12.2. The molecular weight excluding hydrogens is 252 g/mol. The Morgan fingerprint density at radius 1 is 1.39 bits per heavy atom. The summed E-state index contributed by atoms with van der Waals surface area (Å²) >= 11 is -2.04. The molecule has 0 spiro atoms. The molecule has 0 fully saturated rings. The number of hydrogen-bond acceptors (Lipinski definition) is 3. The van der Waals surface area contributed by atoms with Gasteiger partial charge in [-0.2, -0.15) is 0 Å². The lowest BCUT2D eigenvalue weighted by molar-refractivity contribution is 0.255. The van der Waals surface area contributed by atoms with Crippen LogP contribution in [0, 0.1) is 13.8 Å². The average molecular weight is 269 g/mol. The van der Waals surface area contributed by atoms with Crippen LogP contribution in [0.3, 0.4) is 0 Å². The third-order valence-electron chi connectivity index (χ3n) is 2.92. The van der Waals surface area contributed by atoms with E-state index in [-0.39, 0.29) is 5.75 Å². The van der Waals surface area contributed by atoms with E-state index in [9.17, 15) is 13.6 Å². The number of anilines is 1. The van der Waals surface area contributed by atoms with Gasteiger partial charge in [-0.05, 0) is 49.1 Å². The van der Waals surface area contributed by atoms with Crippen molar-refractivity contribution in [3.05, 3.63) is 28.8 Å². The van der Waals surface area contributed by atoms with Crippen molar-refractivity contribution in [1.29, 1.82) is 0 Å². The summed E-state index contributed by atoms with van der Waals surface area (Å²) in [6.45, 7) is 3.79. The van der Waals surface area contributed by atoms with Gasteiger partial charge in [-0.25, -0.2) is 4.79 Å². The SMILES string of the molecule is Cc1cc(N(C)C(N)=O)cc(C)c1CCS(=O)[O-]. The van der Waals surface area contributed by atoms with Gasteiger partial charge < -0.3 is 10.3 Å². The van der Waals surface area contributed by atoms with Crippen LogP contribution >= 0.6 is 0 Å². The first kappa shape index (κ1) is 14.7. The minimum atomic E-state index is -2.04. The van der Waals surface area contributed by atoms with E-state index in [0.29, 0.717) is 12.1 Å². The van der Waals surface area contributed by atoms with E-state index in [4.69, 9.17) is 5.73 Å². The highest BCUT2D eigenvalue weighted by atomic mass is 32.2. The predicted molar refractivity (Wildman–Crippen MR) is 71.4 cm³/mol. The number of primary amides is 1. The molecule has 1 atom stereocenters. The molecule has 0 aliphatic rings. The van der Waals surface area contributed by atoms with Crippen molar-refractivity contribution in [2.75, 3.05) is 17.7 Å². The van der Waals surface area contributed by atoms with Gasteiger partial charge in [0, 0.05) is 18.5 Å². The summed E-state index contributed by atoms with van der Waals surface area (Å²) in [7, 11) is 1.60. The fourth-order valence-corrected chi connectivity index (χ4v) is 2.24. The summed E-state index contributed by atoms with van der Waals surface area (Å²) < 4.78 is 21.2. The second-order valence-electron chi connectivity index (χ2n) is 4.21. The smallest absolute Gasteiger partial charge is 0.318 e. The number of carbonyl (C=O) groups is 1. The monoisotopic (exact) mass is 269 g/mol. The van der Waals surface area contributed by atoms with Crippen LogP contribution < -0.4 is 10.6 Å². The first-order valence-corrected chi connectivity index (χ1v) is 6.76. The third-order valence-corrected chi connectivity index (χ3v) is 3.45. The van der Waals surface area contributed by atoms with Crippen molar-refractivity contribution in [2.24, 2.45) is 5.73 Å². The Balaban J connectivity index is 3.04. The largest absolute Gasteiger partial charge is 0.772 e. The maximum Gasteiger partial charge on any atom is 0.318 e. The number of benzene rings is 1. The molecule has 6 heteroatoms. The summed E-state index contributed by atoms with van der Waals surface area (Å²) in [5.41, 5.74) is 8.85. The van der Waals surface area contributed by atoms with E-state index >= 15 is 0 Å². The van der Waals surface area contributed by atoms with Gasteiger partial charge in [0.05, 0.1) is 0 Å². The van der Waals surface area contributed by atoms with E-state index < -0.39 is 17.1 Å². The number of nitrogens with zero attached hydrogens (tertiary/aromatic N) is 1. The molecular formula is C12H17N2O3S-. The fraction of sp³-hybridized carbons (Fsp3) is 0.417. The number of carbonyl (C=O) groups excluding carboxylic acids is 1. The maximum absolute atomic E-state index is 11.1. The van der Waals surface area contributed by atoms with Crippen LogP contribution in [0.5, 0.6) is 0 Å². The Morgan fingerprint density at radius 2 is 1.89 bits per heavy atom. The summed E-state index contributed by atoms with van der Waals surface area (Å²) in [5, 5.41) is 0. The number of amides is 2. The molecule has 0 bridgehead atoms. The zero-order valence-electron chi connectivity index (χ0n) is 10.7. The molecule has 0 aliphatic heterocycles. The molecule has 2 amide bonds. The van der Waals surface area contributed by atoms with Gasteiger partial charge in [0.1, 0.15) is 0 Å². The van der Waals surface area contributed by atoms with Gasteiger partial charge in [-0.15, -0.1) is 0 Å². The van der Waals surface area contributed by atoms with Gasteiger partial charge in [0.15, 0.2) is 0 Å². The lowest BCUT2D eigenvalue weighted by atomic mass is 9.99. The Labute approximate surface area is 109 Å². The molecule has 0 aromatic heterocycles. The van der Waals surface area contributed by atoms with E-state index in [2.05, 4.69) is 0 Å². The lowest BCUT2D eigenvalue weighted by Gasteiger charge is -2.19. The van der Waals surface area contributed by atoms with E-state index in [1.54, 1.807) is 7.05 Å². The van der Waals surface area contributed by atoms with E-state index in [0.717, 1.165) is 16.7 Å². The van der Waals surface area contributed by atoms with Crippen LogP contribution in [0.2, 0.25) is 0 Å². The number of rotatable bonds is 4. The number of aryl methyl sites for hydroxylation is 2. The molecule has 0 aliphatic carbocycles. The van der Waals surface area contributed by atoms with E-state index in [1.165, 1.54) is 4.90 Å². The van der Waals surface area contributed by atoms with Crippen molar-refractivity contribution < 1.29 is 13.6 Å². The molecule has 100 valence electrons. The zero-order chi connectivity index (χ0) is 13.9.